The van der Waals surface area contributed by atoms with Gasteiger partial charge >= 0.3 is 0 Å². The number of carbonyl (C=O) groups is 7. The van der Waals surface area contributed by atoms with Crippen molar-refractivity contribution >= 4 is 143 Å². The van der Waals surface area contributed by atoms with Crippen LogP contribution in [0.4, 0.5) is 5.69 Å². The standard InChI is InChI=1S/C75H68N4O23S5/c1-7-8-10-40(6)71(82)55(37-103)77-61(81)30-29-60(80)76-31-32-78-72(83)51-33-56(99-41-13-21-45(22-14-41)104(87,88)89)64-66-58(101-43-17-25-47(26-18-43)106(93,94)95)35-53-63-54(75(86)79(74(53)85)70-49(38(2)3)11-9-12-50(70)39(4)5)36-59(102-44-19-27-48(28-20-44)107(96,97)98)67(69(63)66)65-57(34-52(73(78)84)62(51)68(64)65)100-42-15-23-46(24-16-42)105(90,91)92/h9,11-28,33-36,38-40,55,103H,7-8,10,29-32,37H2,1-6H3,(H,76,80)(H,77,81)(H,87,88,89)(H,90,91,92)(H,93,94,95)(H,96,97,98). The number of thiol groups is 1. The van der Waals surface area contributed by atoms with Crippen molar-refractivity contribution in [2.75, 3.05) is 23.7 Å². The fraction of sp³-hybridized carbons (Fsp3) is 0.240. The molecule has 32 heteroatoms. The van der Waals surface area contributed by atoms with Crippen molar-refractivity contribution in [2.45, 2.75) is 111 Å². The smallest absolute Gasteiger partial charge is 0.294 e. The van der Waals surface area contributed by atoms with Gasteiger partial charge in [0.05, 0.1) is 53.6 Å². The zero-order chi connectivity index (χ0) is 77.3. The maximum absolute atomic E-state index is 16.3. The zero-order valence-corrected chi connectivity index (χ0v) is 61.9. The molecule has 2 atom stereocenters. The van der Waals surface area contributed by atoms with E-state index < -0.39 is 121 Å². The average Bonchev–Trinajstić information content (AvgIpc) is 0.671. The molecule has 0 saturated heterocycles. The third-order valence-corrected chi connectivity index (χ3v) is 22.4. The number of unbranched alkanes of at least 4 members (excludes halogenated alkanes) is 1. The van der Waals surface area contributed by atoms with E-state index in [1.54, 1.807) is 25.1 Å². The van der Waals surface area contributed by atoms with Crippen LogP contribution in [0, 0.1) is 5.92 Å². The van der Waals surface area contributed by atoms with Gasteiger partial charge in [-0.25, -0.2) is 4.90 Å². The van der Waals surface area contributed by atoms with Gasteiger partial charge in [0.25, 0.3) is 64.1 Å². The van der Waals surface area contributed by atoms with Crippen LogP contribution in [-0.2, 0) is 54.9 Å². The van der Waals surface area contributed by atoms with Gasteiger partial charge in [-0.2, -0.15) is 46.3 Å². The van der Waals surface area contributed by atoms with Gasteiger partial charge in [0, 0.05) is 80.7 Å². The Balaban J connectivity index is 1.16. The first kappa shape index (κ1) is 76.2. The van der Waals surface area contributed by atoms with E-state index in [9.17, 15) is 66.3 Å². The molecule has 27 nitrogen and oxygen atoms in total. The maximum Gasteiger partial charge on any atom is 0.294 e. The van der Waals surface area contributed by atoms with Crippen LogP contribution in [0.25, 0.3) is 43.1 Å². The summed E-state index contributed by atoms with van der Waals surface area (Å²) < 4.78 is 168. The number of anilines is 1. The number of nitrogens with zero attached hydrogens (tertiary/aromatic N) is 2. The van der Waals surface area contributed by atoms with E-state index in [0.717, 1.165) is 95.4 Å². The number of fused-ring (bicyclic) bond motifs is 2. The Morgan fingerprint density at radius 2 is 0.785 bits per heavy atom. The van der Waals surface area contributed by atoms with E-state index >= 15 is 19.2 Å². The molecule has 0 saturated carbocycles. The molecule has 12 rings (SSSR count). The van der Waals surface area contributed by atoms with Crippen molar-refractivity contribution < 1.29 is 104 Å². The molecule has 6 N–H and O–H groups in total. The van der Waals surface area contributed by atoms with E-state index in [2.05, 4.69) is 23.3 Å². The lowest BCUT2D eigenvalue weighted by molar-refractivity contribution is -0.130. The molecule has 0 fully saturated rings. The fourth-order valence-corrected chi connectivity index (χ4v) is 15.6. The van der Waals surface area contributed by atoms with Crippen molar-refractivity contribution in [2.24, 2.45) is 5.92 Å². The molecule has 2 aliphatic heterocycles. The molecular formula is C75H68N4O23S5. The summed E-state index contributed by atoms with van der Waals surface area (Å²) in [5.41, 5.74) is 0.337. The minimum atomic E-state index is -4.85. The van der Waals surface area contributed by atoms with Crippen molar-refractivity contribution in [3.8, 4) is 46.0 Å². The van der Waals surface area contributed by atoms with E-state index in [1.165, 1.54) is 48.5 Å². The minimum Gasteiger partial charge on any atom is -0.457 e. The summed E-state index contributed by atoms with van der Waals surface area (Å²) in [5, 5.41) is 4.19. The van der Waals surface area contributed by atoms with Crippen LogP contribution in [0.15, 0.2) is 159 Å². The molecule has 107 heavy (non-hydrogen) atoms. The van der Waals surface area contributed by atoms with Crippen molar-refractivity contribution in [3.05, 3.63) is 173 Å². The van der Waals surface area contributed by atoms with Crippen LogP contribution < -0.4 is 34.5 Å². The van der Waals surface area contributed by atoms with Crippen LogP contribution in [0.5, 0.6) is 46.0 Å². The second-order valence-electron chi connectivity index (χ2n) is 26.3. The Kier molecular flexibility index (Phi) is 20.9. The average molecular weight is 1550 g/mol. The SMILES string of the molecule is CCCCC(C)C(=O)C(CS)NC(=O)CCC(=O)NCCN1C(=O)c2cc(Oc3ccc(S(=O)(=O)O)cc3)c3c4c(Oc5ccc(S(=O)(=O)O)cc5)cc5c6c(cc(Oc7ccc(S(=O)(=O)O)cc7)c(c7c(Oc8ccc(S(=O)(=O)O)cc8)cc(c2c37)C1=O)c64)C(=O)N(c1c(C(C)C)cccc1C(C)C)C5=O. The number of nitrogens with one attached hydrogen (secondary N) is 2. The number of imide groups is 2. The zero-order valence-electron chi connectivity index (χ0n) is 57.8. The van der Waals surface area contributed by atoms with Crippen LogP contribution in [0.3, 0.4) is 0 Å². The highest BCUT2D eigenvalue weighted by atomic mass is 32.2. The van der Waals surface area contributed by atoms with E-state index in [-0.39, 0.29) is 153 Å². The lowest BCUT2D eigenvalue weighted by atomic mass is 9.80. The summed E-state index contributed by atoms with van der Waals surface area (Å²) in [6, 6.07) is 26.8. The number of hydrogen-bond donors (Lipinski definition) is 7. The number of benzene rings is 10. The molecule has 0 aromatic heterocycles. The highest BCUT2D eigenvalue weighted by Gasteiger charge is 2.43. The molecule has 2 aliphatic rings. The van der Waals surface area contributed by atoms with Crippen LogP contribution >= 0.6 is 12.6 Å². The van der Waals surface area contributed by atoms with Gasteiger partial charge in [-0.05, 0) is 151 Å². The van der Waals surface area contributed by atoms with E-state index in [0.29, 0.717) is 17.5 Å². The quantitative estimate of drug-likeness (QED) is 0.00787. The van der Waals surface area contributed by atoms with E-state index in [1.807, 2.05) is 34.6 Å². The predicted octanol–water partition coefficient (Wildman–Crippen LogP) is 13.2. The molecule has 2 heterocycles. The second kappa shape index (κ2) is 29.4. The lowest BCUT2D eigenvalue weighted by Gasteiger charge is -2.34. The molecule has 2 unspecified atom stereocenters. The molecule has 556 valence electrons. The highest BCUT2D eigenvalue weighted by Crippen LogP contribution is 2.58. The molecule has 0 aliphatic carbocycles. The third kappa shape index (κ3) is 15.0. The summed E-state index contributed by atoms with van der Waals surface area (Å²) in [6.45, 7) is 10.2. The predicted molar refractivity (Wildman–Crippen MR) is 396 cm³/mol. The van der Waals surface area contributed by atoms with Crippen LogP contribution in [0.1, 0.15) is 138 Å². The number of ether oxygens (including phenoxy) is 4. The normalized spacial score (nSPS) is 14.0. The lowest BCUT2D eigenvalue weighted by Crippen LogP contribution is -2.45. The third-order valence-electron chi connectivity index (χ3n) is 18.5. The Hall–Kier alpha value is -10.4. The summed E-state index contributed by atoms with van der Waals surface area (Å²) in [5.74, 6) is -8.38. The van der Waals surface area contributed by atoms with Gasteiger partial charge in [-0.15, -0.1) is 0 Å². The number of para-hydroxylation sites is 1. The number of rotatable bonds is 28. The molecular weight excluding hydrogens is 1490 g/mol. The number of amides is 6. The van der Waals surface area contributed by atoms with Gasteiger partial charge < -0.3 is 29.6 Å². The van der Waals surface area contributed by atoms with Gasteiger partial charge in [-0.3, -0.25) is 56.7 Å². The molecule has 10 aromatic carbocycles. The second-order valence-corrected chi connectivity index (χ2v) is 32.3. The largest absolute Gasteiger partial charge is 0.457 e. The van der Waals surface area contributed by atoms with E-state index in [4.69, 9.17) is 18.9 Å². The van der Waals surface area contributed by atoms with Crippen molar-refractivity contribution in [1.82, 2.24) is 15.5 Å². The minimum absolute atomic E-state index is 0.00552. The summed E-state index contributed by atoms with van der Waals surface area (Å²) in [6.07, 6.45) is 1.49. The number of carbonyl (C=O) groups excluding carboxylic acids is 7. The fourth-order valence-electron chi connectivity index (χ4n) is 13.4. The van der Waals surface area contributed by atoms with Crippen molar-refractivity contribution in [3.63, 3.8) is 0 Å². The molecule has 0 bridgehead atoms. The summed E-state index contributed by atoms with van der Waals surface area (Å²) in [7, 11) is -19.4. The topological polar surface area (TPSA) is 404 Å². The van der Waals surface area contributed by atoms with Crippen LogP contribution in [0.2, 0.25) is 0 Å². The van der Waals surface area contributed by atoms with Gasteiger partial charge in [0.1, 0.15) is 46.0 Å². The summed E-state index contributed by atoms with van der Waals surface area (Å²) >= 11 is 4.28. The number of ketones is 1. The summed E-state index contributed by atoms with van der Waals surface area (Å²) in [4.78, 5) is 103. The molecule has 0 spiro atoms. The first-order valence-corrected chi connectivity index (χ1v) is 39.8. The molecule has 0 radical (unpaired) electrons. The number of Topliss-reactive ketones (excluding diaryl/α,β-unsaturated/α-hetero) is 1. The number of hydrogen-bond acceptors (Lipinski definition) is 20. The van der Waals surface area contributed by atoms with Crippen molar-refractivity contribution in [1.29, 1.82) is 0 Å². The first-order valence-electron chi connectivity index (χ1n) is 33.4. The molecule has 6 amide bonds. The highest BCUT2D eigenvalue weighted by molar-refractivity contribution is 7.86. The maximum atomic E-state index is 16.3. The monoisotopic (exact) mass is 1550 g/mol. The Morgan fingerprint density at radius 1 is 0.458 bits per heavy atom. The Morgan fingerprint density at radius 3 is 1.09 bits per heavy atom. The van der Waals surface area contributed by atoms with Gasteiger partial charge in [0.2, 0.25) is 11.8 Å². The van der Waals surface area contributed by atoms with Gasteiger partial charge in [-0.1, -0.05) is 72.6 Å². The van der Waals surface area contributed by atoms with Crippen LogP contribution in [-0.4, -0.2) is 123 Å². The Labute approximate surface area is 618 Å². The first-order chi connectivity index (χ1) is 50.5. The molecule has 10 aromatic rings. The Bertz CT molecular complexity index is 5550. The van der Waals surface area contributed by atoms with Gasteiger partial charge in [0.15, 0.2) is 5.78 Å².